The van der Waals surface area contributed by atoms with Crippen molar-refractivity contribution in [1.29, 1.82) is 0 Å². The molecule has 4 heterocycles. The van der Waals surface area contributed by atoms with Crippen LogP contribution in [0.3, 0.4) is 0 Å². The summed E-state index contributed by atoms with van der Waals surface area (Å²) < 4.78 is 3.44. The van der Waals surface area contributed by atoms with Crippen LogP contribution in [-0.4, -0.2) is 58.6 Å². The fourth-order valence-electron chi connectivity index (χ4n) is 4.57. The Morgan fingerprint density at radius 2 is 2.03 bits per heavy atom. The van der Waals surface area contributed by atoms with Crippen molar-refractivity contribution in [2.24, 2.45) is 7.05 Å². The number of benzene rings is 1. The second-order valence-electron chi connectivity index (χ2n) is 10.6. The van der Waals surface area contributed by atoms with Crippen LogP contribution in [0.4, 0.5) is 11.6 Å². The third kappa shape index (κ3) is 5.57. The Kier molecular flexibility index (Phi) is 6.94. The lowest BCUT2D eigenvalue weighted by molar-refractivity contribution is 0.0928. The third-order valence-corrected chi connectivity index (χ3v) is 6.72. The molecule has 0 bridgehead atoms. The van der Waals surface area contributed by atoms with Crippen molar-refractivity contribution in [1.82, 2.24) is 45.0 Å². The molecule has 2 N–H and O–H groups in total. The lowest BCUT2D eigenvalue weighted by Gasteiger charge is -2.19. The molecule has 11 nitrogen and oxygen atoms in total. The molecule has 5 rings (SSSR count). The van der Waals surface area contributed by atoms with E-state index in [2.05, 4.69) is 61.1 Å². The van der Waals surface area contributed by atoms with E-state index in [1.54, 1.807) is 28.0 Å². The van der Waals surface area contributed by atoms with Gasteiger partial charge in [0.15, 0.2) is 5.69 Å². The maximum Gasteiger partial charge on any atom is 0.273 e. The molecule has 1 amide bonds. The highest BCUT2D eigenvalue weighted by Gasteiger charge is 2.26. The standard InChI is InChI=1S/C27H34N10O/c1-6-36-12-10-23(31-25(38)24-17-37(34-33-24)27(2,3)4)21-8-7-18(13-19(21)15-36)22-9-11-28-26(32-22)30-20-14-29-35(5)16-20/h7-9,11,13-14,16-17,23H,6,10,12,15H2,1-5H3,(H,31,38)(H,28,30,32)/t23-/m0/s1. The SMILES string of the molecule is CCN1CC[C@H](NC(=O)c2cn(C(C)(C)C)nn2)c2ccc(-c3ccnc(Nc4cnn(C)c4)n3)cc2C1. The fourth-order valence-corrected chi connectivity index (χ4v) is 4.57. The molecule has 1 aliphatic rings. The Morgan fingerprint density at radius 1 is 1.18 bits per heavy atom. The average Bonchev–Trinajstić information content (AvgIpc) is 3.51. The molecule has 0 saturated carbocycles. The van der Waals surface area contributed by atoms with Gasteiger partial charge in [-0.3, -0.25) is 14.4 Å². The molecule has 0 radical (unpaired) electrons. The Labute approximate surface area is 222 Å². The molecule has 1 aromatic carbocycles. The average molecular weight is 515 g/mol. The first-order valence-corrected chi connectivity index (χ1v) is 12.9. The number of hydrogen-bond acceptors (Lipinski definition) is 8. The number of rotatable bonds is 6. The van der Waals surface area contributed by atoms with E-state index in [1.807, 2.05) is 40.1 Å². The fraction of sp³-hybridized carbons (Fsp3) is 0.407. The first kappa shape index (κ1) is 25.5. The summed E-state index contributed by atoms with van der Waals surface area (Å²) in [6.07, 6.45) is 7.87. The van der Waals surface area contributed by atoms with Crippen molar-refractivity contribution >= 4 is 17.5 Å². The van der Waals surface area contributed by atoms with Gasteiger partial charge in [0.1, 0.15) is 0 Å². The van der Waals surface area contributed by atoms with E-state index in [-0.39, 0.29) is 17.5 Å². The van der Waals surface area contributed by atoms with E-state index in [0.717, 1.165) is 48.6 Å². The Hall–Kier alpha value is -4.12. The summed E-state index contributed by atoms with van der Waals surface area (Å²) >= 11 is 0. The zero-order chi connectivity index (χ0) is 26.9. The van der Waals surface area contributed by atoms with E-state index < -0.39 is 0 Å². The Balaban J connectivity index is 1.40. The predicted molar refractivity (Wildman–Crippen MR) is 145 cm³/mol. The van der Waals surface area contributed by atoms with Crippen molar-refractivity contribution in [2.45, 2.75) is 52.2 Å². The number of nitrogens with one attached hydrogen (secondary N) is 2. The van der Waals surface area contributed by atoms with E-state index in [1.165, 1.54) is 5.56 Å². The molecule has 0 fully saturated rings. The maximum absolute atomic E-state index is 13.1. The lowest BCUT2D eigenvalue weighted by atomic mass is 9.96. The highest BCUT2D eigenvalue weighted by atomic mass is 16.2. The molecule has 0 saturated heterocycles. The van der Waals surface area contributed by atoms with Gasteiger partial charge in [-0.2, -0.15) is 5.10 Å². The van der Waals surface area contributed by atoms with E-state index in [0.29, 0.717) is 11.6 Å². The number of fused-ring (bicyclic) bond motifs is 1. The molecule has 11 heteroatoms. The summed E-state index contributed by atoms with van der Waals surface area (Å²) in [7, 11) is 1.86. The van der Waals surface area contributed by atoms with Crippen LogP contribution in [0.5, 0.6) is 0 Å². The highest BCUT2D eigenvalue weighted by Crippen LogP contribution is 2.31. The molecule has 198 valence electrons. The van der Waals surface area contributed by atoms with Gasteiger partial charge in [0.2, 0.25) is 5.95 Å². The van der Waals surface area contributed by atoms with Crippen molar-refractivity contribution in [2.75, 3.05) is 18.4 Å². The van der Waals surface area contributed by atoms with Crippen molar-refractivity contribution in [3.63, 3.8) is 0 Å². The molecule has 0 unspecified atom stereocenters. The van der Waals surface area contributed by atoms with Crippen LogP contribution in [0.2, 0.25) is 0 Å². The Morgan fingerprint density at radius 3 is 2.74 bits per heavy atom. The molecule has 4 aromatic rings. The number of aromatic nitrogens is 7. The second-order valence-corrected chi connectivity index (χ2v) is 10.6. The van der Waals surface area contributed by atoms with Gasteiger partial charge in [0.05, 0.1) is 35.4 Å². The maximum atomic E-state index is 13.1. The summed E-state index contributed by atoms with van der Waals surface area (Å²) in [5, 5.41) is 18.9. The van der Waals surface area contributed by atoms with Gasteiger partial charge < -0.3 is 10.6 Å². The zero-order valence-electron chi connectivity index (χ0n) is 22.5. The molecule has 38 heavy (non-hydrogen) atoms. The highest BCUT2D eigenvalue weighted by molar-refractivity contribution is 5.92. The first-order valence-electron chi connectivity index (χ1n) is 12.9. The third-order valence-electron chi connectivity index (χ3n) is 6.72. The van der Waals surface area contributed by atoms with Gasteiger partial charge in [-0.15, -0.1) is 5.10 Å². The van der Waals surface area contributed by atoms with Crippen LogP contribution < -0.4 is 10.6 Å². The Bertz CT molecular complexity index is 1430. The van der Waals surface area contributed by atoms with Crippen molar-refractivity contribution in [3.05, 3.63) is 65.9 Å². The molecular formula is C27H34N10O. The number of aryl methyl sites for hydroxylation is 1. The molecular weight excluding hydrogens is 480 g/mol. The van der Waals surface area contributed by atoms with Crippen LogP contribution in [0, 0.1) is 0 Å². The minimum absolute atomic E-state index is 0.129. The van der Waals surface area contributed by atoms with Gasteiger partial charge >= 0.3 is 0 Å². The zero-order valence-corrected chi connectivity index (χ0v) is 22.5. The minimum atomic E-state index is -0.243. The van der Waals surface area contributed by atoms with Crippen LogP contribution in [0.15, 0.2) is 49.1 Å². The van der Waals surface area contributed by atoms with Gasteiger partial charge in [0, 0.05) is 38.1 Å². The van der Waals surface area contributed by atoms with E-state index >= 15 is 0 Å². The van der Waals surface area contributed by atoms with Crippen molar-refractivity contribution in [3.8, 4) is 11.3 Å². The van der Waals surface area contributed by atoms with Gasteiger partial charge in [0.25, 0.3) is 5.91 Å². The number of carbonyl (C=O) groups is 1. The normalized spacial score (nSPS) is 16.1. The van der Waals surface area contributed by atoms with Crippen LogP contribution in [0.25, 0.3) is 11.3 Å². The number of anilines is 2. The number of nitrogens with zero attached hydrogens (tertiary/aromatic N) is 8. The van der Waals surface area contributed by atoms with Crippen LogP contribution in [0.1, 0.15) is 61.8 Å². The monoisotopic (exact) mass is 514 g/mol. The second kappa shape index (κ2) is 10.3. The number of amides is 1. The summed E-state index contributed by atoms with van der Waals surface area (Å²) in [6.45, 7) is 10.8. The van der Waals surface area contributed by atoms with E-state index in [4.69, 9.17) is 4.98 Å². The lowest BCUT2D eigenvalue weighted by Crippen LogP contribution is -2.30. The molecule has 1 atom stereocenters. The number of hydrogen-bond donors (Lipinski definition) is 2. The summed E-state index contributed by atoms with van der Waals surface area (Å²) in [4.78, 5) is 24.6. The predicted octanol–water partition coefficient (Wildman–Crippen LogP) is 3.66. The quantitative estimate of drug-likeness (QED) is 0.400. The van der Waals surface area contributed by atoms with Crippen molar-refractivity contribution < 1.29 is 4.79 Å². The summed E-state index contributed by atoms with van der Waals surface area (Å²) in [5.41, 5.74) is 5.01. The topological polar surface area (TPSA) is 119 Å². The van der Waals surface area contributed by atoms with Crippen LogP contribution in [-0.2, 0) is 19.1 Å². The van der Waals surface area contributed by atoms with E-state index in [9.17, 15) is 4.79 Å². The molecule has 1 aliphatic heterocycles. The smallest absolute Gasteiger partial charge is 0.273 e. The van der Waals surface area contributed by atoms with Gasteiger partial charge in [-0.1, -0.05) is 24.3 Å². The largest absolute Gasteiger partial charge is 0.344 e. The van der Waals surface area contributed by atoms with Gasteiger partial charge in [-0.05, 0) is 57.0 Å². The van der Waals surface area contributed by atoms with Crippen LogP contribution >= 0.6 is 0 Å². The minimum Gasteiger partial charge on any atom is -0.344 e. The summed E-state index contributed by atoms with van der Waals surface area (Å²) in [5.74, 6) is 0.293. The molecule has 0 aliphatic carbocycles. The van der Waals surface area contributed by atoms with Gasteiger partial charge in [-0.25, -0.2) is 14.6 Å². The molecule has 3 aromatic heterocycles. The number of carbonyl (C=O) groups excluding carboxylic acids is 1. The summed E-state index contributed by atoms with van der Waals surface area (Å²) in [6, 6.07) is 8.12. The first-order chi connectivity index (χ1) is 18.2. The molecule has 0 spiro atoms.